The van der Waals surface area contributed by atoms with Gasteiger partial charge < -0.3 is 16.3 Å². The number of carbonyl (C=O) groups is 1. The number of anilines is 1. The number of ether oxygens (including phenoxy) is 1. The van der Waals surface area contributed by atoms with Gasteiger partial charge in [0.25, 0.3) is 0 Å². The number of rotatable bonds is 6. The second kappa shape index (κ2) is 9.33. The van der Waals surface area contributed by atoms with Crippen LogP contribution in [-0.4, -0.2) is 34.3 Å². The Kier molecular flexibility index (Phi) is 6.57. The van der Waals surface area contributed by atoms with E-state index in [1.165, 1.54) is 37.4 Å². The van der Waals surface area contributed by atoms with Crippen LogP contribution in [0.15, 0.2) is 64.8 Å². The maximum atomic E-state index is 13.6. The fourth-order valence-electron chi connectivity index (χ4n) is 2.83. The van der Waals surface area contributed by atoms with Crippen molar-refractivity contribution in [2.75, 3.05) is 12.3 Å². The summed E-state index contributed by atoms with van der Waals surface area (Å²) in [4.78, 5) is 16.2. The van der Waals surface area contributed by atoms with Gasteiger partial charge in [0, 0.05) is 11.3 Å². The van der Waals surface area contributed by atoms with Gasteiger partial charge in [0.05, 0.1) is 30.4 Å². The van der Waals surface area contributed by atoms with Crippen LogP contribution in [-0.2, 0) is 10.9 Å². The third-order valence-corrected chi connectivity index (χ3v) is 4.31. The standard InChI is InChI=1S/C21H19F3N6O2/c1-2-32-20(31)17-11-28-30(19(17)21(22,23)24)16-9-3-13(4-10-16)18(29-26)12-27-15-7-5-14(25)6-8-15/h3-12H,2,25-26H2,1H3. The predicted molar refractivity (Wildman–Crippen MR) is 114 cm³/mol. The molecular weight excluding hydrogens is 425 g/mol. The van der Waals surface area contributed by atoms with Gasteiger partial charge >= 0.3 is 12.1 Å². The number of nitrogens with zero attached hydrogens (tertiary/aromatic N) is 4. The van der Waals surface area contributed by atoms with Crippen LogP contribution in [0.4, 0.5) is 24.5 Å². The van der Waals surface area contributed by atoms with E-state index >= 15 is 0 Å². The summed E-state index contributed by atoms with van der Waals surface area (Å²) in [6.45, 7) is 1.44. The molecule has 8 nitrogen and oxygen atoms in total. The Morgan fingerprint density at radius 3 is 2.38 bits per heavy atom. The van der Waals surface area contributed by atoms with Gasteiger partial charge in [-0.25, -0.2) is 9.48 Å². The second-order valence-electron chi connectivity index (χ2n) is 6.45. The van der Waals surface area contributed by atoms with Crippen molar-refractivity contribution in [3.05, 3.63) is 71.5 Å². The van der Waals surface area contributed by atoms with E-state index in [2.05, 4.69) is 15.2 Å². The Bertz CT molecular complexity index is 1150. The molecule has 0 aliphatic heterocycles. The summed E-state index contributed by atoms with van der Waals surface area (Å²) in [7, 11) is 0. The van der Waals surface area contributed by atoms with Gasteiger partial charge in [-0.05, 0) is 43.3 Å². The number of halogens is 3. The number of aliphatic imine (C=N–C) groups is 1. The Labute approximate surface area is 181 Å². The van der Waals surface area contributed by atoms with E-state index in [1.807, 2.05) is 0 Å². The normalized spacial score (nSPS) is 12.3. The molecule has 0 bridgehead atoms. The fraction of sp³-hybridized carbons (Fsp3) is 0.143. The van der Waals surface area contributed by atoms with Crippen molar-refractivity contribution in [2.45, 2.75) is 13.1 Å². The van der Waals surface area contributed by atoms with E-state index in [0.717, 1.165) is 6.20 Å². The molecule has 0 fully saturated rings. The molecule has 0 spiro atoms. The lowest BCUT2D eigenvalue weighted by Gasteiger charge is -2.12. The summed E-state index contributed by atoms with van der Waals surface area (Å²) in [6, 6.07) is 12.6. The molecule has 2 aromatic carbocycles. The molecule has 3 rings (SSSR count). The van der Waals surface area contributed by atoms with Crippen LogP contribution >= 0.6 is 0 Å². The van der Waals surface area contributed by atoms with Gasteiger partial charge in [-0.15, -0.1) is 0 Å². The van der Waals surface area contributed by atoms with E-state index in [-0.39, 0.29) is 12.3 Å². The highest BCUT2D eigenvalue weighted by atomic mass is 19.4. The molecule has 0 saturated carbocycles. The molecule has 166 valence electrons. The molecule has 0 aliphatic rings. The first-order valence-electron chi connectivity index (χ1n) is 9.35. The van der Waals surface area contributed by atoms with Gasteiger partial charge in [0.1, 0.15) is 11.3 Å². The van der Waals surface area contributed by atoms with Crippen molar-refractivity contribution in [3.63, 3.8) is 0 Å². The monoisotopic (exact) mass is 444 g/mol. The number of benzene rings is 2. The van der Waals surface area contributed by atoms with Gasteiger partial charge in [0.15, 0.2) is 5.69 Å². The summed E-state index contributed by atoms with van der Waals surface area (Å²) in [5.41, 5.74) is 5.87. The van der Waals surface area contributed by atoms with Crippen LogP contribution in [0.1, 0.15) is 28.5 Å². The van der Waals surface area contributed by atoms with Gasteiger partial charge in [-0.1, -0.05) is 12.1 Å². The van der Waals surface area contributed by atoms with Crippen LogP contribution in [0.3, 0.4) is 0 Å². The topological polar surface area (TPSA) is 121 Å². The molecule has 0 atom stereocenters. The quantitative estimate of drug-likeness (QED) is 0.197. The largest absolute Gasteiger partial charge is 0.462 e. The van der Waals surface area contributed by atoms with Crippen molar-refractivity contribution < 1.29 is 22.7 Å². The highest BCUT2D eigenvalue weighted by molar-refractivity contribution is 6.38. The van der Waals surface area contributed by atoms with Crippen molar-refractivity contribution in [1.82, 2.24) is 9.78 Å². The highest BCUT2D eigenvalue weighted by Gasteiger charge is 2.41. The van der Waals surface area contributed by atoms with E-state index in [1.54, 1.807) is 24.3 Å². The van der Waals surface area contributed by atoms with E-state index in [4.69, 9.17) is 16.3 Å². The molecule has 1 heterocycles. The number of hydrazone groups is 1. The highest BCUT2D eigenvalue weighted by Crippen LogP contribution is 2.34. The Balaban J connectivity index is 1.91. The minimum Gasteiger partial charge on any atom is -0.462 e. The molecule has 0 unspecified atom stereocenters. The fourth-order valence-corrected chi connectivity index (χ4v) is 2.83. The van der Waals surface area contributed by atoms with E-state index < -0.39 is 23.4 Å². The zero-order valence-electron chi connectivity index (χ0n) is 16.9. The minimum atomic E-state index is -4.83. The average molecular weight is 444 g/mol. The van der Waals surface area contributed by atoms with Crippen LogP contribution < -0.4 is 11.6 Å². The zero-order chi connectivity index (χ0) is 23.3. The smallest absolute Gasteiger partial charge is 0.434 e. The van der Waals surface area contributed by atoms with Crippen molar-refractivity contribution in [3.8, 4) is 5.69 Å². The molecule has 4 N–H and O–H groups in total. The summed E-state index contributed by atoms with van der Waals surface area (Å²) in [5, 5.41) is 7.42. The molecular formula is C21H19F3N6O2. The van der Waals surface area contributed by atoms with Crippen molar-refractivity contribution in [2.24, 2.45) is 15.9 Å². The predicted octanol–water partition coefficient (Wildman–Crippen LogP) is 3.72. The molecule has 11 heteroatoms. The van der Waals surface area contributed by atoms with E-state index in [9.17, 15) is 18.0 Å². The number of esters is 1. The molecule has 1 aromatic heterocycles. The SMILES string of the molecule is CCOC(=O)c1cnn(-c2ccc(C(C=Nc3ccc(N)cc3)=NN)cc2)c1C(F)(F)F. The van der Waals surface area contributed by atoms with Crippen LogP contribution in [0.25, 0.3) is 5.69 Å². The molecule has 3 aromatic rings. The van der Waals surface area contributed by atoms with Crippen LogP contribution in [0.2, 0.25) is 0 Å². The molecule has 32 heavy (non-hydrogen) atoms. The third-order valence-electron chi connectivity index (χ3n) is 4.31. The number of alkyl halides is 3. The number of hydrogen-bond donors (Lipinski definition) is 2. The minimum absolute atomic E-state index is 0.0604. The summed E-state index contributed by atoms with van der Waals surface area (Å²) >= 11 is 0. The summed E-state index contributed by atoms with van der Waals surface area (Å²) < 4.78 is 46.3. The second-order valence-corrected chi connectivity index (χ2v) is 6.45. The summed E-state index contributed by atoms with van der Waals surface area (Å²) in [6.07, 6.45) is -2.57. The molecule has 0 aliphatic carbocycles. The number of hydrogen-bond acceptors (Lipinski definition) is 7. The number of nitrogens with two attached hydrogens (primary N) is 2. The van der Waals surface area contributed by atoms with Crippen LogP contribution in [0, 0.1) is 0 Å². The Morgan fingerprint density at radius 1 is 1.16 bits per heavy atom. The number of carbonyl (C=O) groups excluding carboxylic acids is 1. The molecule has 0 radical (unpaired) electrons. The lowest BCUT2D eigenvalue weighted by atomic mass is 10.1. The van der Waals surface area contributed by atoms with Gasteiger partial charge in [-0.3, -0.25) is 4.99 Å². The van der Waals surface area contributed by atoms with Gasteiger partial charge in [0.2, 0.25) is 0 Å². The number of aromatic nitrogens is 2. The average Bonchev–Trinajstić information content (AvgIpc) is 3.22. The third kappa shape index (κ3) is 4.94. The van der Waals surface area contributed by atoms with E-state index in [0.29, 0.717) is 27.3 Å². The lowest BCUT2D eigenvalue weighted by Crippen LogP contribution is -2.18. The zero-order valence-corrected chi connectivity index (χ0v) is 16.9. The van der Waals surface area contributed by atoms with Gasteiger partial charge in [-0.2, -0.15) is 23.4 Å². The van der Waals surface area contributed by atoms with Crippen molar-refractivity contribution >= 4 is 29.3 Å². The Hall–Kier alpha value is -4.15. The molecule has 0 amide bonds. The first kappa shape index (κ1) is 22.5. The van der Waals surface area contributed by atoms with Crippen LogP contribution in [0.5, 0.6) is 0 Å². The van der Waals surface area contributed by atoms with Crippen molar-refractivity contribution in [1.29, 1.82) is 0 Å². The maximum absolute atomic E-state index is 13.6. The summed E-state index contributed by atoms with van der Waals surface area (Å²) in [5.74, 6) is 4.35. The first-order chi connectivity index (χ1) is 15.2. The molecule has 0 saturated heterocycles. The lowest BCUT2D eigenvalue weighted by molar-refractivity contribution is -0.143. The first-order valence-corrected chi connectivity index (χ1v) is 9.35. The number of nitrogen functional groups attached to an aromatic ring is 1. The Morgan fingerprint density at radius 2 is 1.81 bits per heavy atom. The maximum Gasteiger partial charge on any atom is 0.434 e.